The Hall–Kier alpha value is -2.21. The van der Waals surface area contributed by atoms with Gasteiger partial charge in [0.25, 0.3) is 0 Å². The number of amides is 1. The molecule has 0 aliphatic rings. The monoisotopic (exact) mass is 315 g/mol. The lowest BCUT2D eigenvalue weighted by Crippen LogP contribution is -2.16. The van der Waals surface area contributed by atoms with E-state index in [0.717, 1.165) is 0 Å². The molecule has 0 radical (unpaired) electrons. The molecule has 2 aromatic carbocycles. The highest BCUT2D eigenvalue weighted by atomic mass is 35.5. The average molecular weight is 316 g/mol. The third-order valence-corrected chi connectivity index (χ3v) is 2.97. The summed E-state index contributed by atoms with van der Waals surface area (Å²) in [5, 5.41) is 0.274. The maximum absolute atomic E-state index is 12.1. The van der Waals surface area contributed by atoms with Gasteiger partial charge in [-0.3, -0.25) is 4.79 Å². The number of primary amides is 1. The number of carbonyl (C=O) groups excluding carboxylic acids is 1. The van der Waals surface area contributed by atoms with Crippen molar-refractivity contribution in [3.63, 3.8) is 0 Å². The molecule has 0 saturated carbocycles. The summed E-state index contributed by atoms with van der Waals surface area (Å²) in [6, 6.07) is 9.70. The average Bonchev–Trinajstić information content (AvgIpc) is 2.38. The zero-order valence-electron chi connectivity index (χ0n) is 10.4. The predicted octanol–water partition coefficient (Wildman–Crippen LogP) is 4.00. The van der Waals surface area contributed by atoms with Gasteiger partial charge in [-0.15, -0.1) is 13.2 Å². The van der Waals surface area contributed by atoms with Gasteiger partial charge in [-0.1, -0.05) is 29.8 Å². The largest absolute Gasteiger partial charge is 0.573 e. The molecule has 21 heavy (non-hydrogen) atoms. The van der Waals surface area contributed by atoms with Gasteiger partial charge >= 0.3 is 6.36 Å². The van der Waals surface area contributed by atoms with E-state index in [-0.39, 0.29) is 16.3 Å². The third-order valence-electron chi connectivity index (χ3n) is 2.65. The van der Waals surface area contributed by atoms with Gasteiger partial charge in [0.1, 0.15) is 5.75 Å². The van der Waals surface area contributed by atoms with Gasteiger partial charge in [0.15, 0.2) is 0 Å². The molecule has 2 aromatic rings. The molecule has 110 valence electrons. The van der Waals surface area contributed by atoms with Gasteiger partial charge in [-0.2, -0.15) is 0 Å². The number of carbonyl (C=O) groups is 1. The van der Waals surface area contributed by atoms with Crippen LogP contribution in [0.1, 0.15) is 10.4 Å². The summed E-state index contributed by atoms with van der Waals surface area (Å²) in [6.07, 6.45) is -4.73. The van der Waals surface area contributed by atoms with E-state index in [0.29, 0.717) is 11.1 Å². The van der Waals surface area contributed by atoms with E-state index in [9.17, 15) is 18.0 Å². The van der Waals surface area contributed by atoms with Crippen molar-refractivity contribution in [1.29, 1.82) is 0 Å². The number of hydrogen-bond acceptors (Lipinski definition) is 2. The normalized spacial score (nSPS) is 11.2. The van der Waals surface area contributed by atoms with Crippen molar-refractivity contribution in [1.82, 2.24) is 0 Å². The van der Waals surface area contributed by atoms with E-state index in [1.54, 1.807) is 6.07 Å². The molecule has 0 fully saturated rings. The Kier molecular flexibility index (Phi) is 4.09. The molecule has 2 N–H and O–H groups in total. The molecule has 0 aromatic heterocycles. The zero-order valence-corrected chi connectivity index (χ0v) is 11.2. The van der Waals surface area contributed by atoms with E-state index in [4.69, 9.17) is 17.3 Å². The second-order valence-electron chi connectivity index (χ2n) is 4.13. The Morgan fingerprint density at radius 1 is 1.10 bits per heavy atom. The van der Waals surface area contributed by atoms with E-state index < -0.39 is 12.3 Å². The van der Waals surface area contributed by atoms with E-state index in [1.165, 1.54) is 36.4 Å². The van der Waals surface area contributed by atoms with Crippen LogP contribution in [0.3, 0.4) is 0 Å². The summed E-state index contributed by atoms with van der Waals surface area (Å²) in [6.45, 7) is 0. The number of alkyl halides is 3. The van der Waals surface area contributed by atoms with Crippen LogP contribution in [0.2, 0.25) is 5.02 Å². The summed E-state index contributed by atoms with van der Waals surface area (Å²) in [5.41, 5.74) is 6.54. The number of nitrogens with two attached hydrogens (primary N) is 1. The van der Waals surface area contributed by atoms with Crippen LogP contribution < -0.4 is 10.5 Å². The van der Waals surface area contributed by atoms with Crippen molar-refractivity contribution in [2.45, 2.75) is 6.36 Å². The molecule has 0 saturated heterocycles. The van der Waals surface area contributed by atoms with Gasteiger partial charge in [-0.25, -0.2) is 0 Å². The maximum Gasteiger partial charge on any atom is 0.573 e. The van der Waals surface area contributed by atoms with Crippen molar-refractivity contribution in [2.75, 3.05) is 0 Å². The highest BCUT2D eigenvalue weighted by Gasteiger charge is 2.30. The number of halogens is 4. The molecular formula is C14H9ClF3NO2. The van der Waals surface area contributed by atoms with Crippen LogP contribution in [0.4, 0.5) is 13.2 Å². The van der Waals surface area contributed by atoms with E-state index in [1.807, 2.05) is 0 Å². The summed E-state index contributed by atoms with van der Waals surface area (Å²) in [4.78, 5) is 11.0. The Morgan fingerprint density at radius 2 is 1.71 bits per heavy atom. The highest BCUT2D eigenvalue weighted by molar-refractivity contribution is 6.33. The molecule has 0 aliphatic heterocycles. The molecule has 0 bridgehead atoms. The van der Waals surface area contributed by atoms with Gasteiger partial charge in [0.05, 0.1) is 0 Å². The first-order valence-electron chi connectivity index (χ1n) is 5.72. The van der Waals surface area contributed by atoms with E-state index >= 15 is 0 Å². The Labute approximate surface area is 123 Å². The van der Waals surface area contributed by atoms with Crippen LogP contribution in [0, 0.1) is 0 Å². The summed E-state index contributed by atoms with van der Waals surface area (Å²) >= 11 is 6.04. The fourth-order valence-electron chi connectivity index (χ4n) is 1.74. The number of benzene rings is 2. The maximum atomic E-state index is 12.1. The molecular weight excluding hydrogens is 307 g/mol. The van der Waals surface area contributed by atoms with Crippen LogP contribution >= 0.6 is 11.6 Å². The number of hydrogen-bond donors (Lipinski definition) is 1. The highest BCUT2D eigenvalue weighted by Crippen LogP contribution is 2.31. The molecule has 0 aliphatic carbocycles. The summed E-state index contributed by atoms with van der Waals surface area (Å²) in [7, 11) is 0. The minimum atomic E-state index is -4.73. The van der Waals surface area contributed by atoms with Crippen molar-refractivity contribution < 1.29 is 22.7 Å². The minimum Gasteiger partial charge on any atom is -0.406 e. The Balaban J connectivity index is 2.29. The van der Waals surface area contributed by atoms with Crippen molar-refractivity contribution in [3.8, 4) is 16.9 Å². The smallest absolute Gasteiger partial charge is 0.406 e. The van der Waals surface area contributed by atoms with Crippen LogP contribution in [0.15, 0.2) is 42.5 Å². The second-order valence-corrected chi connectivity index (χ2v) is 4.54. The molecule has 1 amide bonds. The first kappa shape index (κ1) is 15.2. The second kappa shape index (κ2) is 5.65. The number of ether oxygens (including phenoxy) is 1. The lowest BCUT2D eigenvalue weighted by Gasteiger charge is -2.10. The zero-order chi connectivity index (χ0) is 15.6. The van der Waals surface area contributed by atoms with Gasteiger partial charge in [-0.05, 0) is 29.8 Å². The van der Waals surface area contributed by atoms with Gasteiger partial charge < -0.3 is 10.5 Å². The lowest BCUT2D eigenvalue weighted by atomic mass is 10.0. The van der Waals surface area contributed by atoms with Gasteiger partial charge in [0, 0.05) is 16.1 Å². The molecule has 0 unspecified atom stereocenters. The van der Waals surface area contributed by atoms with Crippen LogP contribution in [-0.2, 0) is 0 Å². The van der Waals surface area contributed by atoms with Crippen molar-refractivity contribution >= 4 is 17.5 Å². The molecule has 0 heterocycles. The molecule has 0 spiro atoms. The minimum absolute atomic E-state index is 0.251. The summed E-state index contributed by atoms with van der Waals surface area (Å²) in [5.74, 6) is -0.937. The van der Waals surface area contributed by atoms with Crippen LogP contribution in [-0.4, -0.2) is 12.3 Å². The van der Waals surface area contributed by atoms with Crippen LogP contribution in [0.25, 0.3) is 11.1 Å². The van der Waals surface area contributed by atoms with Crippen molar-refractivity contribution in [3.05, 3.63) is 53.1 Å². The number of rotatable bonds is 3. The predicted molar refractivity (Wildman–Crippen MR) is 72.1 cm³/mol. The first-order chi connectivity index (χ1) is 9.76. The van der Waals surface area contributed by atoms with Crippen molar-refractivity contribution in [2.24, 2.45) is 5.73 Å². The topological polar surface area (TPSA) is 52.3 Å². The van der Waals surface area contributed by atoms with E-state index in [2.05, 4.69) is 4.74 Å². The molecule has 7 heteroatoms. The lowest BCUT2D eigenvalue weighted by molar-refractivity contribution is -0.274. The molecule has 2 rings (SSSR count). The summed E-state index contributed by atoms with van der Waals surface area (Å²) < 4.78 is 40.0. The fraction of sp³-hybridized carbons (Fsp3) is 0.0714. The first-order valence-corrected chi connectivity index (χ1v) is 6.09. The fourth-order valence-corrected chi connectivity index (χ4v) is 2.03. The molecule has 0 atom stereocenters. The third kappa shape index (κ3) is 3.88. The standard InChI is InChI=1S/C14H9ClF3NO2/c15-12-7-9(13(19)20)3-6-11(12)8-1-4-10(5-2-8)21-14(16,17)18/h1-7H,(H2,19,20). The Bertz CT molecular complexity index is 669. The van der Waals surface area contributed by atoms with Crippen LogP contribution in [0.5, 0.6) is 5.75 Å². The SMILES string of the molecule is NC(=O)c1ccc(-c2ccc(OC(F)(F)F)cc2)c(Cl)c1. The molecule has 3 nitrogen and oxygen atoms in total. The quantitative estimate of drug-likeness (QED) is 0.930. The Morgan fingerprint density at radius 3 is 2.19 bits per heavy atom. The van der Waals surface area contributed by atoms with Gasteiger partial charge in [0.2, 0.25) is 5.91 Å².